The number of halogens is 3. The van der Waals surface area contributed by atoms with Gasteiger partial charge in [-0.25, -0.2) is 8.78 Å². The highest BCUT2D eigenvalue weighted by atomic mass is 35.5. The molecule has 1 aliphatic carbocycles. The molecule has 10 heteroatoms. The fourth-order valence-electron chi connectivity index (χ4n) is 6.62. The van der Waals surface area contributed by atoms with Gasteiger partial charge in [-0.1, -0.05) is 25.4 Å². The molecule has 5 heterocycles. The third-order valence-corrected chi connectivity index (χ3v) is 10.2. The molecule has 3 aliphatic rings. The Kier molecular flexibility index (Phi) is 5.51. The molecule has 2 amide bonds. The van der Waals surface area contributed by atoms with Crippen LogP contribution in [-0.2, 0) is 22.7 Å². The Morgan fingerprint density at radius 3 is 2.56 bits per heavy atom. The molecule has 0 spiro atoms. The van der Waals surface area contributed by atoms with Gasteiger partial charge in [0.25, 0.3) is 0 Å². The van der Waals surface area contributed by atoms with E-state index >= 15 is 8.78 Å². The lowest BCUT2D eigenvalue weighted by Crippen LogP contribution is -2.41. The quantitative estimate of drug-likeness (QED) is 0.302. The van der Waals surface area contributed by atoms with Crippen LogP contribution in [0.15, 0.2) is 36.7 Å². The molecule has 1 N–H and O–H groups in total. The van der Waals surface area contributed by atoms with E-state index in [-0.39, 0.29) is 42.2 Å². The van der Waals surface area contributed by atoms with E-state index in [2.05, 4.69) is 10.3 Å². The van der Waals surface area contributed by atoms with Crippen LogP contribution in [0.2, 0.25) is 5.02 Å². The SMILES string of the molecule is CC1(C)C2C(=O)N(Cc3cc4nccc(-c5cc(Cl)cc6c(F)cn(CC7(F)CCNCC7)c56)c4s3)C(=O)C21. The maximum atomic E-state index is 15.7. The fraction of sp³-hybridized carbons (Fsp3) is 0.414. The van der Waals surface area contributed by atoms with Gasteiger partial charge in [0.2, 0.25) is 11.8 Å². The van der Waals surface area contributed by atoms with Crippen molar-refractivity contribution in [1.82, 2.24) is 19.8 Å². The van der Waals surface area contributed by atoms with Gasteiger partial charge in [-0.15, -0.1) is 11.3 Å². The molecule has 6 nitrogen and oxygen atoms in total. The van der Waals surface area contributed by atoms with Gasteiger partial charge in [0.05, 0.1) is 40.7 Å². The number of piperidine rings is 2. The predicted octanol–water partition coefficient (Wildman–Crippen LogP) is 5.94. The number of hydrogen-bond donors (Lipinski definition) is 1. The lowest BCUT2D eigenvalue weighted by atomic mass is 9.94. The van der Waals surface area contributed by atoms with Gasteiger partial charge in [-0.05, 0) is 55.6 Å². The molecule has 2 aliphatic heterocycles. The molecule has 4 aromatic rings. The van der Waals surface area contributed by atoms with Gasteiger partial charge < -0.3 is 9.88 Å². The van der Waals surface area contributed by atoms with Crippen molar-refractivity contribution in [2.75, 3.05) is 13.1 Å². The molecule has 3 fully saturated rings. The normalized spacial score (nSPS) is 23.7. The summed E-state index contributed by atoms with van der Waals surface area (Å²) in [5.41, 5.74) is 1.09. The number of carbonyl (C=O) groups excluding carboxylic acids is 2. The van der Waals surface area contributed by atoms with Gasteiger partial charge in [0.1, 0.15) is 11.5 Å². The van der Waals surface area contributed by atoms with Crippen LogP contribution < -0.4 is 5.32 Å². The number of rotatable bonds is 5. The van der Waals surface area contributed by atoms with Gasteiger partial charge in [0.15, 0.2) is 0 Å². The van der Waals surface area contributed by atoms with Crippen LogP contribution in [0.3, 0.4) is 0 Å². The highest BCUT2D eigenvalue weighted by molar-refractivity contribution is 7.19. The number of imide groups is 1. The summed E-state index contributed by atoms with van der Waals surface area (Å²) >= 11 is 7.92. The molecule has 2 atom stereocenters. The molecule has 1 aromatic carbocycles. The third kappa shape index (κ3) is 3.84. The third-order valence-electron chi connectivity index (χ3n) is 8.80. The van der Waals surface area contributed by atoms with Crippen molar-refractivity contribution >= 4 is 55.9 Å². The van der Waals surface area contributed by atoms with E-state index in [1.807, 2.05) is 26.0 Å². The van der Waals surface area contributed by atoms with Gasteiger partial charge in [-0.2, -0.15) is 0 Å². The Morgan fingerprint density at radius 2 is 1.85 bits per heavy atom. The standard InChI is InChI=1S/C29H27ClF2N4O2S/c1-28(2)22-23(28)27(38)36(26(22)37)12-16-11-21-25(39-16)17(3-6-34-21)18-9-15(30)10-19-20(31)13-35(24(18)19)14-29(32)4-7-33-8-5-29/h3,6,9-11,13,22-23,33H,4-5,7-8,12,14H2,1-2H3. The highest BCUT2D eigenvalue weighted by Gasteiger charge is 2.72. The molecular weight excluding hydrogens is 542 g/mol. The first-order valence-electron chi connectivity index (χ1n) is 13.2. The second-order valence-electron chi connectivity index (χ2n) is 11.7. The van der Waals surface area contributed by atoms with Gasteiger partial charge >= 0.3 is 0 Å². The van der Waals surface area contributed by atoms with Crippen LogP contribution in [-0.4, -0.2) is 45.0 Å². The van der Waals surface area contributed by atoms with Gasteiger partial charge in [0, 0.05) is 38.8 Å². The number of nitrogens with one attached hydrogen (secondary N) is 1. The number of fused-ring (bicyclic) bond motifs is 3. The smallest absolute Gasteiger partial charge is 0.234 e. The molecule has 1 saturated carbocycles. The number of aromatic nitrogens is 2. The van der Waals surface area contributed by atoms with E-state index in [0.717, 1.165) is 15.1 Å². The molecule has 7 rings (SSSR count). The fourth-order valence-corrected chi connectivity index (χ4v) is 7.97. The van der Waals surface area contributed by atoms with Crippen molar-refractivity contribution in [1.29, 1.82) is 0 Å². The molecule has 0 bridgehead atoms. The largest absolute Gasteiger partial charge is 0.341 e. The minimum atomic E-state index is -1.44. The number of benzene rings is 1. The van der Waals surface area contributed by atoms with Crippen LogP contribution in [0.1, 0.15) is 31.6 Å². The lowest BCUT2D eigenvalue weighted by molar-refractivity contribution is -0.143. The number of nitrogens with zero attached hydrogens (tertiary/aromatic N) is 3. The summed E-state index contributed by atoms with van der Waals surface area (Å²) in [6.45, 7) is 5.35. The van der Waals surface area contributed by atoms with Crippen LogP contribution in [0.25, 0.3) is 32.2 Å². The molecule has 2 unspecified atom stereocenters. The Hall–Kier alpha value is -2.88. The number of amides is 2. The number of likely N-dealkylation sites (tertiary alicyclic amines) is 1. The van der Waals surface area contributed by atoms with Gasteiger partial charge in [-0.3, -0.25) is 19.5 Å². The summed E-state index contributed by atoms with van der Waals surface area (Å²) in [4.78, 5) is 32.5. The monoisotopic (exact) mass is 568 g/mol. The lowest BCUT2D eigenvalue weighted by Gasteiger charge is -2.30. The van der Waals surface area contributed by atoms with Crippen molar-refractivity contribution in [3.63, 3.8) is 0 Å². The van der Waals surface area contributed by atoms with E-state index in [9.17, 15) is 9.59 Å². The average Bonchev–Trinajstić information content (AvgIpc) is 3.16. The van der Waals surface area contributed by atoms with Crippen LogP contribution >= 0.6 is 22.9 Å². The van der Waals surface area contributed by atoms with Crippen molar-refractivity contribution in [3.05, 3.63) is 52.4 Å². The summed E-state index contributed by atoms with van der Waals surface area (Å²) in [5, 5.41) is 3.90. The van der Waals surface area contributed by atoms with E-state index in [1.54, 1.807) is 22.9 Å². The number of hydrogen-bond acceptors (Lipinski definition) is 5. The minimum absolute atomic E-state index is 0.0471. The van der Waals surface area contributed by atoms with Crippen LogP contribution in [0, 0.1) is 23.1 Å². The summed E-state index contributed by atoms with van der Waals surface area (Å²) in [5.74, 6) is -1.12. The molecule has 3 aromatic heterocycles. The zero-order chi connectivity index (χ0) is 27.3. The first-order chi connectivity index (χ1) is 18.6. The van der Waals surface area contributed by atoms with Crippen molar-refractivity contribution in [3.8, 4) is 11.1 Å². The minimum Gasteiger partial charge on any atom is -0.341 e. The first kappa shape index (κ1) is 25.1. The Bertz CT molecular complexity index is 1670. The van der Waals surface area contributed by atoms with E-state index in [1.165, 1.54) is 22.4 Å². The van der Waals surface area contributed by atoms with E-state index in [0.29, 0.717) is 52.9 Å². The maximum Gasteiger partial charge on any atom is 0.234 e. The summed E-state index contributed by atoms with van der Waals surface area (Å²) in [6, 6.07) is 7.11. The van der Waals surface area contributed by atoms with Crippen LogP contribution in [0.4, 0.5) is 8.78 Å². The zero-order valence-corrected chi connectivity index (χ0v) is 23.1. The number of thiophene rings is 1. The molecule has 0 radical (unpaired) electrons. The van der Waals surface area contributed by atoms with Crippen molar-refractivity contribution in [2.45, 2.75) is 45.4 Å². The zero-order valence-electron chi connectivity index (χ0n) is 21.6. The Labute approximate surface area is 232 Å². The maximum absolute atomic E-state index is 15.7. The Balaban J connectivity index is 1.30. The summed E-state index contributed by atoms with van der Waals surface area (Å²) < 4.78 is 33.4. The second kappa shape index (κ2) is 8.56. The molecular formula is C29H27ClF2N4O2S. The number of carbonyl (C=O) groups is 2. The topological polar surface area (TPSA) is 67.2 Å². The van der Waals surface area contributed by atoms with E-state index < -0.39 is 11.5 Å². The average molecular weight is 569 g/mol. The second-order valence-corrected chi connectivity index (χ2v) is 13.3. The molecule has 2 saturated heterocycles. The molecule has 39 heavy (non-hydrogen) atoms. The Morgan fingerprint density at radius 1 is 1.13 bits per heavy atom. The predicted molar refractivity (Wildman–Crippen MR) is 148 cm³/mol. The van der Waals surface area contributed by atoms with E-state index in [4.69, 9.17) is 11.6 Å². The summed E-state index contributed by atoms with van der Waals surface area (Å²) in [6.07, 6.45) is 3.76. The molecule has 202 valence electrons. The highest BCUT2D eigenvalue weighted by Crippen LogP contribution is 2.63. The van der Waals surface area contributed by atoms with Crippen molar-refractivity contribution < 1.29 is 18.4 Å². The van der Waals surface area contributed by atoms with Crippen molar-refractivity contribution in [2.24, 2.45) is 17.3 Å². The number of alkyl halides is 1. The summed E-state index contributed by atoms with van der Waals surface area (Å²) in [7, 11) is 0. The van der Waals surface area contributed by atoms with Crippen LogP contribution in [0.5, 0.6) is 0 Å². The number of pyridine rings is 1. The first-order valence-corrected chi connectivity index (χ1v) is 14.4.